The molecule has 0 unspecified atom stereocenters. The number of primary amides is 1. The summed E-state index contributed by atoms with van der Waals surface area (Å²) >= 11 is 0. The first-order valence-electron chi connectivity index (χ1n) is 12.4. The second kappa shape index (κ2) is 10.5. The van der Waals surface area contributed by atoms with Crippen LogP contribution in [-0.4, -0.2) is 45.5 Å². The molecule has 0 bridgehead atoms. The zero-order chi connectivity index (χ0) is 22.5. The van der Waals surface area contributed by atoms with E-state index in [0.29, 0.717) is 12.1 Å². The molecule has 1 aliphatic carbocycles. The topological polar surface area (TPSA) is 93.3 Å². The Morgan fingerprint density at radius 1 is 1.16 bits per heavy atom. The molecule has 7 nitrogen and oxygen atoms in total. The Bertz CT molecular complexity index is 980. The Balaban J connectivity index is 1.59. The van der Waals surface area contributed by atoms with Crippen LogP contribution in [0.3, 0.4) is 0 Å². The molecule has 2 heterocycles. The predicted octanol–water partition coefficient (Wildman–Crippen LogP) is 3.82. The Kier molecular flexibility index (Phi) is 7.45. The van der Waals surface area contributed by atoms with Gasteiger partial charge in [0.15, 0.2) is 5.82 Å². The maximum absolute atomic E-state index is 13.4. The number of carbonyl (C=O) groups is 1. The molecule has 2 aliphatic rings. The van der Waals surface area contributed by atoms with E-state index in [1.54, 1.807) is 0 Å². The van der Waals surface area contributed by atoms with Crippen molar-refractivity contribution >= 4 is 22.8 Å². The molecule has 32 heavy (non-hydrogen) atoms. The molecular formula is C25H37N5O2. The molecular weight excluding hydrogens is 402 g/mol. The van der Waals surface area contributed by atoms with E-state index in [0.717, 1.165) is 23.9 Å². The van der Waals surface area contributed by atoms with Gasteiger partial charge in [0.05, 0.1) is 17.6 Å². The summed E-state index contributed by atoms with van der Waals surface area (Å²) in [5.41, 5.74) is 6.71. The first kappa shape index (κ1) is 22.8. The third kappa shape index (κ3) is 4.98. The normalized spacial score (nSPS) is 21.5. The number of hydrogen-bond donors (Lipinski definition) is 2. The fourth-order valence-corrected chi connectivity index (χ4v) is 5.53. The number of nitrogens with one attached hydrogen (secondary N) is 1. The van der Waals surface area contributed by atoms with Crippen LogP contribution in [0.2, 0.25) is 0 Å². The predicted molar refractivity (Wildman–Crippen MR) is 129 cm³/mol. The smallest absolute Gasteiger partial charge is 0.294 e. The molecule has 2 atom stereocenters. The lowest BCUT2D eigenvalue weighted by atomic mass is 9.87. The Hall–Kier alpha value is -2.41. The van der Waals surface area contributed by atoms with Crippen molar-refractivity contribution in [3.63, 3.8) is 0 Å². The number of rotatable bonds is 8. The van der Waals surface area contributed by atoms with E-state index in [-0.39, 0.29) is 24.0 Å². The van der Waals surface area contributed by atoms with Crippen molar-refractivity contribution in [3.8, 4) is 0 Å². The fourth-order valence-electron chi connectivity index (χ4n) is 5.53. The van der Waals surface area contributed by atoms with Gasteiger partial charge in [0.25, 0.3) is 5.56 Å². The number of hydrogen-bond acceptors (Lipinski definition) is 5. The van der Waals surface area contributed by atoms with Gasteiger partial charge in [-0.15, -0.1) is 0 Å². The summed E-state index contributed by atoms with van der Waals surface area (Å²) in [6.45, 7) is 3.24. The van der Waals surface area contributed by atoms with E-state index in [9.17, 15) is 9.59 Å². The van der Waals surface area contributed by atoms with E-state index < -0.39 is 5.91 Å². The average molecular weight is 440 g/mol. The van der Waals surface area contributed by atoms with Crippen molar-refractivity contribution in [2.24, 2.45) is 5.73 Å². The van der Waals surface area contributed by atoms with Gasteiger partial charge in [0.2, 0.25) is 5.91 Å². The highest BCUT2D eigenvalue weighted by atomic mass is 16.1. The molecule has 4 rings (SSSR count). The van der Waals surface area contributed by atoms with Crippen molar-refractivity contribution in [1.82, 2.24) is 14.5 Å². The molecule has 1 aromatic carbocycles. The van der Waals surface area contributed by atoms with Crippen LogP contribution in [0.1, 0.15) is 77.2 Å². The zero-order valence-electron chi connectivity index (χ0n) is 19.3. The number of nitrogens with zero attached hydrogens (tertiary/aromatic N) is 3. The molecule has 174 valence electrons. The molecule has 2 aromatic rings. The lowest BCUT2D eigenvalue weighted by Crippen LogP contribution is -2.54. The highest BCUT2D eigenvalue weighted by Crippen LogP contribution is 2.34. The quantitative estimate of drug-likeness (QED) is 0.652. The van der Waals surface area contributed by atoms with Crippen LogP contribution in [0.4, 0.5) is 5.82 Å². The van der Waals surface area contributed by atoms with Crippen LogP contribution >= 0.6 is 0 Å². The molecule has 1 saturated carbocycles. The fraction of sp³-hybridized carbons (Fsp3) is 0.640. The first-order valence-corrected chi connectivity index (χ1v) is 12.4. The van der Waals surface area contributed by atoms with Crippen molar-refractivity contribution in [2.75, 3.05) is 18.4 Å². The lowest BCUT2D eigenvalue weighted by Gasteiger charge is -2.48. The number of nitrogens with two attached hydrogens (primary N) is 1. The van der Waals surface area contributed by atoms with Gasteiger partial charge in [-0.25, -0.2) is 4.98 Å². The first-order chi connectivity index (χ1) is 15.6. The van der Waals surface area contributed by atoms with Gasteiger partial charge in [-0.3, -0.25) is 14.5 Å². The van der Waals surface area contributed by atoms with E-state index in [1.807, 2.05) is 28.8 Å². The maximum atomic E-state index is 13.4. The van der Waals surface area contributed by atoms with Gasteiger partial charge < -0.3 is 15.6 Å². The third-order valence-corrected chi connectivity index (χ3v) is 7.34. The highest BCUT2D eigenvalue weighted by molar-refractivity contribution is 5.80. The van der Waals surface area contributed by atoms with Gasteiger partial charge in [-0.05, 0) is 44.2 Å². The number of fused-ring (bicyclic) bond motifs is 1. The van der Waals surface area contributed by atoms with Crippen molar-refractivity contribution in [1.29, 1.82) is 0 Å². The SMILES string of the molecule is CC[C@@H](C[C@@H]1CCN1C1CCCCCCC1)n1c(=O)c(NCC(N)=O)nc2ccccc21. The number of aromatic nitrogens is 2. The largest absolute Gasteiger partial charge is 0.368 e. The Labute approximate surface area is 190 Å². The van der Waals surface area contributed by atoms with Gasteiger partial charge in [0, 0.05) is 24.7 Å². The monoisotopic (exact) mass is 439 g/mol. The van der Waals surface area contributed by atoms with E-state index >= 15 is 0 Å². The van der Waals surface area contributed by atoms with Crippen LogP contribution in [0.15, 0.2) is 29.1 Å². The zero-order valence-corrected chi connectivity index (χ0v) is 19.3. The Morgan fingerprint density at radius 2 is 1.88 bits per heavy atom. The summed E-state index contributed by atoms with van der Waals surface area (Å²) < 4.78 is 1.90. The van der Waals surface area contributed by atoms with Crippen LogP contribution < -0.4 is 16.6 Å². The summed E-state index contributed by atoms with van der Waals surface area (Å²) in [6.07, 6.45) is 12.5. The maximum Gasteiger partial charge on any atom is 0.294 e. The van der Waals surface area contributed by atoms with Crippen LogP contribution in [0.5, 0.6) is 0 Å². The number of benzene rings is 1. The van der Waals surface area contributed by atoms with Crippen LogP contribution in [0, 0.1) is 0 Å². The van der Waals surface area contributed by atoms with Gasteiger partial charge >= 0.3 is 0 Å². The summed E-state index contributed by atoms with van der Waals surface area (Å²) in [7, 11) is 0. The standard InChI is InChI=1S/C25H37N5O2/c1-2-18(16-20-14-15-29(20)19-10-6-4-3-5-7-11-19)30-22-13-9-8-12-21(22)28-24(25(30)32)27-17-23(26)31/h8-9,12-13,18-20H,2-7,10-11,14-17H2,1H3,(H2,26,31)(H,27,28)/t18-,20-/m0/s1. The van der Waals surface area contributed by atoms with Crippen LogP contribution in [-0.2, 0) is 4.79 Å². The molecule has 2 fully saturated rings. The molecule has 1 saturated heterocycles. The van der Waals surface area contributed by atoms with Crippen molar-refractivity contribution < 1.29 is 4.79 Å². The molecule has 0 radical (unpaired) electrons. The third-order valence-electron chi connectivity index (χ3n) is 7.34. The number of para-hydroxylation sites is 2. The minimum Gasteiger partial charge on any atom is -0.368 e. The average Bonchev–Trinajstić information content (AvgIpc) is 2.74. The summed E-state index contributed by atoms with van der Waals surface area (Å²) in [6, 6.07) is 9.08. The second-order valence-corrected chi connectivity index (χ2v) is 9.42. The van der Waals surface area contributed by atoms with Gasteiger partial charge in [-0.1, -0.05) is 51.2 Å². The number of anilines is 1. The van der Waals surface area contributed by atoms with E-state index in [1.165, 1.54) is 57.9 Å². The summed E-state index contributed by atoms with van der Waals surface area (Å²) in [4.78, 5) is 31.9. The molecule has 1 aliphatic heterocycles. The molecule has 3 N–H and O–H groups in total. The van der Waals surface area contributed by atoms with Crippen molar-refractivity contribution in [2.45, 2.75) is 89.3 Å². The molecule has 1 amide bonds. The molecule has 0 spiro atoms. The minimum absolute atomic E-state index is 0.0888. The second-order valence-electron chi connectivity index (χ2n) is 9.42. The Morgan fingerprint density at radius 3 is 2.53 bits per heavy atom. The number of likely N-dealkylation sites (tertiary alicyclic amines) is 1. The van der Waals surface area contributed by atoms with E-state index in [4.69, 9.17) is 5.73 Å². The lowest BCUT2D eigenvalue weighted by molar-refractivity contribution is -0.116. The molecule has 1 aromatic heterocycles. The summed E-state index contributed by atoms with van der Waals surface area (Å²) in [5.74, 6) is -0.311. The summed E-state index contributed by atoms with van der Waals surface area (Å²) in [5, 5.41) is 2.85. The van der Waals surface area contributed by atoms with Gasteiger partial charge in [0.1, 0.15) is 0 Å². The van der Waals surface area contributed by atoms with Gasteiger partial charge in [-0.2, -0.15) is 0 Å². The number of carbonyl (C=O) groups excluding carboxylic acids is 1. The minimum atomic E-state index is -0.512. The number of amides is 1. The van der Waals surface area contributed by atoms with Crippen molar-refractivity contribution in [3.05, 3.63) is 34.6 Å². The van der Waals surface area contributed by atoms with Crippen LogP contribution in [0.25, 0.3) is 11.0 Å². The highest BCUT2D eigenvalue weighted by Gasteiger charge is 2.35. The molecule has 7 heteroatoms. The van der Waals surface area contributed by atoms with E-state index in [2.05, 4.69) is 22.1 Å².